The van der Waals surface area contributed by atoms with E-state index in [1.54, 1.807) is 12.4 Å². The van der Waals surface area contributed by atoms with Gasteiger partial charge in [0.05, 0.1) is 11.9 Å². The molecule has 0 spiro atoms. The van der Waals surface area contributed by atoms with E-state index in [0.29, 0.717) is 5.95 Å². The molecule has 0 saturated heterocycles. The first-order valence-electron chi connectivity index (χ1n) is 4.61. The number of rotatable bonds is 2. The largest absolute Gasteiger partial charge is 0.369 e. The Labute approximate surface area is 88.0 Å². The highest BCUT2D eigenvalue weighted by atomic mass is 15.1. The van der Waals surface area contributed by atoms with Crippen LogP contribution in [0.5, 0.6) is 0 Å². The Hall–Kier alpha value is -2.04. The van der Waals surface area contributed by atoms with Crippen molar-refractivity contribution in [1.29, 1.82) is 0 Å². The van der Waals surface area contributed by atoms with Crippen molar-refractivity contribution < 1.29 is 0 Å². The summed E-state index contributed by atoms with van der Waals surface area (Å²) in [5.74, 6) is 1.31. The highest BCUT2D eigenvalue weighted by Crippen LogP contribution is 2.25. The van der Waals surface area contributed by atoms with Gasteiger partial charge in [0.2, 0.25) is 0 Å². The summed E-state index contributed by atoms with van der Waals surface area (Å²) in [6.07, 6.45) is 3.47. The summed E-state index contributed by atoms with van der Waals surface area (Å²) < 4.78 is 0. The molecule has 5 nitrogen and oxygen atoms in total. The third-order valence-electron chi connectivity index (χ3n) is 2.10. The van der Waals surface area contributed by atoms with Crippen LogP contribution >= 0.6 is 0 Å². The Morgan fingerprint density at radius 3 is 2.73 bits per heavy atom. The van der Waals surface area contributed by atoms with E-state index >= 15 is 0 Å². The van der Waals surface area contributed by atoms with Gasteiger partial charge in [-0.25, -0.2) is 9.97 Å². The highest BCUT2D eigenvalue weighted by Gasteiger charge is 2.09. The number of nitrogens with two attached hydrogens (primary N) is 1. The smallest absolute Gasteiger partial charge is 0.197 e. The lowest BCUT2D eigenvalue weighted by Crippen LogP contribution is -2.11. The molecule has 78 valence electrons. The van der Waals surface area contributed by atoms with Crippen molar-refractivity contribution in [3.63, 3.8) is 0 Å². The Morgan fingerprint density at radius 2 is 2.13 bits per heavy atom. The lowest BCUT2D eigenvalue weighted by Gasteiger charge is -2.14. The van der Waals surface area contributed by atoms with Crippen LogP contribution < -0.4 is 10.6 Å². The number of pyridine rings is 1. The van der Waals surface area contributed by atoms with Crippen molar-refractivity contribution >= 4 is 11.8 Å². The molecule has 0 fully saturated rings. The maximum atomic E-state index is 5.54. The van der Waals surface area contributed by atoms with Gasteiger partial charge < -0.3 is 15.6 Å². The fourth-order valence-corrected chi connectivity index (χ4v) is 1.44. The summed E-state index contributed by atoms with van der Waals surface area (Å²) in [5.41, 5.74) is 7.41. The number of aromatic nitrogens is 3. The molecule has 0 atom stereocenters. The normalized spacial score (nSPS) is 10.3. The molecular formula is C10H13N5. The Kier molecular flexibility index (Phi) is 2.29. The standard InChI is InChI=1S/C10H13N5/c1-15(2)9-7(4-3-5-12-9)8-6-13-10(11)14-8/h3-6H,1-2H3,(H3,11,13,14). The van der Waals surface area contributed by atoms with Crippen LogP contribution in [0, 0.1) is 0 Å². The van der Waals surface area contributed by atoms with Gasteiger partial charge in [-0.05, 0) is 12.1 Å². The summed E-state index contributed by atoms with van der Waals surface area (Å²) >= 11 is 0. The molecule has 15 heavy (non-hydrogen) atoms. The quantitative estimate of drug-likeness (QED) is 0.767. The number of H-pyrrole nitrogens is 1. The zero-order chi connectivity index (χ0) is 10.8. The molecule has 0 aliphatic rings. The topological polar surface area (TPSA) is 70.8 Å². The Bertz CT molecular complexity index is 460. The van der Waals surface area contributed by atoms with Crippen LogP contribution in [0.4, 0.5) is 11.8 Å². The van der Waals surface area contributed by atoms with E-state index in [-0.39, 0.29) is 0 Å². The number of hydrogen-bond acceptors (Lipinski definition) is 4. The summed E-state index contributed by atoms with van der Waals surface area (Å²) in [7, 11) is 3.90. The number of nitrogens with zero attached hydrogens (tertiary/aromatic N) is 3. The first-order valence-corrected chi connectivity index (χ1v) is 4.61. The second-order valence-corrected chi connectivity index (χ2v) is 3.45. The van der Waals surface area contributed by atoms with Gasteiger partial charge in [-0.2, -0.15) is 0 Å². The van der Waals surface area contributed by atoms with Crippen LogP contribution in [-0.2, 0) is 0 Å². The number of anilines is 2. The summed E-state index contributed by atoms with van der Waals surface area (Å²) in [6, 6.07) is 3.87. The lowest BCUT2D eigenvalue weighted by molar-refractivity contribution is 1.07. The van der Waals surface area contributed by atoms with E-state index in [2.05, 4.69) is 15.0 Å². The van der Waals surface area contributed by atoms with Crippen LogP contribution in [0.1, 0.15) is 0 Å². The molecule has 0 radical (unpaired) electrons. The molecule has 0 amide bonds. The van der Waals surface area contributed by atoms with Crippen molar-refractivity contribution in [2.75, 3.05) is 24.7 Å². The minimum Gasteiger partial charge on any atom is -0.369 e. The molecule has 0 saturated carbocycles. The molecule has 0 aliphatic heterocycles. The second kappa shape index (κ2) is 3.61. The van der Waals surface area contributed by atoms with E-state index in [0.717, 1.165) is 17.1 Å². The first kappa shape index (κ1) is 9.51. The molecule has 0 unspecified atom stereocenters. The van der Waals surface area contributed by atoms with E-state index in [4.69, 9.17) is 5.73 Å². The van der Waals surface area contributed by atoms with E-state index in [1.807, 2.05) is 31.1 Å². The van der Waals surface area contributed by atoms with Gasteiger partial charge in [-0.1, -0.05) is 0 Å². The number of nitrogen functional groups attached to an aromatic ring is 1. The predicted molar refractivity (Wildman–Crippen MR) is 60.6 cm³/mol. The Morgan fingerprint density at radius 1 is 1.33 bits per heavy atom. The number of aromatic amines is 1. The molecular weight excluding hydrogens is 190 g/mol. The van der Waals surface area contributed by atoms with Gasteiger partial charge in [0.15, 0.2) is 5.95 Å². The van der Waals surface area contributed by atoms with Gasteiger partial charge >= 0.3 is 0 Å². The predicted octanol–water partition coefficient (Wildman–Crippen LogP) is 1.12. The van der Waals surface area contributed by atoms with Gasteiger partial charge in [0.1, 0.15) is 5.82 Å². The second-order valence-electron chi connectivity index (χ2n) is 3.45. The number of hydrogen-bond donors (Lipinski definition) is 2. The van der Waals surface area contributed by atoms with Crippen LogP contribution in [0.15, 0.2) is 24.5 Å². The SMILES string of the molecule is CN(C)c1ncccc1-c1cnc(N)[nH]1. The van der Waals surface area contributed by atoms with Crippen LogP contribution in [0.3, 0.4) is 0 Å². The molecule has 0 bridgehead atoms. The van der Waals surface area contributed by atoms with Crippen molar-refractivity contribution in [3.8, 4) is 11.3 Å². The van der Waals surface area contributed by atoms with E-state index in [1.165, 1.54) is 0 Å². The van der Waals surface area contributed by atoms with Crippen molar-refractivity contribution in [1.82, 2.24) is 15.0 Å². The van der Waals surface area contributed by atoms with Crippen molar-refractivity contribution in [3.05, 3.63) is 24.5 Å². The summed E-state index contributed by atoms with van der Waals surface area (Å²) in [6.45, 7) is 0. The van der Waals surface area contributed by atoms with Crippen LogP contribution in [0.25, 0.3) is 11.3 Å². The van der Waals surface area contributed by atoms with Gasteiger partial charge in [0.25, 0.3) is 0 Å². The number of nitrogens with one attached hydrogen (secondary N) is 1. The maximum absolute atomic E-state index is 5.54. The van der Waals surface area contributed by atoms with Crippen molar-refractivity contribution in [2.45, 2.75) is 0 Å². The molecule has 2 aromatic rings. The molecule has 5 heteroatoms. The minimum absolute atomic E-state index is 0.415. The molecule has 2 heterocycles. The third-order valence-corrected chi connectivity index (χ3v) is 2.10. The number of imidazole rings is 1. The van der Waals surface area contributed by atoms with Crippen molar-refractivity contribution in [2.24, 2.45) is 0 Å². The minimum atomic E-state index is 0.415. The monoisotopic (exact) mass is 203 g/mol. The van der Waals surface area contributed by atoms with E-state index in [9.17, 15) is 0 Å². The summed E-state index contributed by atoms with van der Waals surface area (Å²) in [5, 5.41) is 0. The van der Waals surface area contributed by atoms with Gasteiger partial charge in [-0.15, -0.1) is 0 Å². The average Bonchev–Trinajstić information content (AvgIpc) is 2.65. The summed E-state index contributed by atoms with van der Waals surface area (Å²) in [4.78, 5) is 13.2. The van der Waals surface area contributed by atoms with Gasteiger partial charge in [-0.3, -0.25) is 0 Å². The highest BCUT2D eigenvalue weighted by molar-refractivity contribution is 5.73. The molecule has 0 aromatic carbocycles. The van der Waals surface area contributed by atoms with Crippen LogP contribution in [-0.4, -0.2) is 29.0 Å². The van der Waals surface area contributed by atoms with Crippen LogP contribution in [0.2, 0.25) is 0 Å². The third kappa shape index (κ3) is 1.76. The van der Waals surface area contributed by atoms with E-state index < -0.39 is 0 Å². The van der Waals surface area contributed by atoms with Gasteiger partial charge in [0, 0.05) is 25.9 Å². The fraction of sp³-hybridized carbons (Fsp3) is 0.200. The molecule has 0 aliphatic carbocycles. The molecule has 2 aromatic heterocycles. The average molecular weight is 203 g/mol. The molecule has 3 N–H and O–H groups in total. The zero-order valence-electron chi connectivity index (χ0n) is 8.73. The molecule has 2 rings (SSSR count). The zero-order valence-corrected chi connectivity index (χ0v) is 8.73. The Balaban J connectivity index is 2.52. The fourth-order valence-electron chi connectivity index (χ4n) is 1.44. The lowest BCUT2D eigenvalue weighted by atomic mass is 10.2. The maximum Gasteiger partial charge on any atom is 0.197 e. The first-order chi connectivity index (χ1) is 7.18.